The number of benzene rings is 1. The summed E-state index contributed by atoms with van der Waals surface area (Å²) in [5.41, 5.74) is 4.14. The van der Waals surface area contributed by atoms with Crippen molar-refractivity contribution in [3.05, 3.63) is 46.3 Å². The molecule has 1 unspecified atom stereocenters. The zero-order chi connectivity index (χ0) is 13.1. The highest BCUT2D eigenvalue weighted by Crippen LogP contribution is 2.34. The zero-order valence-electron chi connectivity index (χ0n) is 11.6. The molecule has 1 atom stereocenters. The van der Waals surface area contributed by atoms with E-state index in [1.807, 2.05) is 18.4 Å². The van der Waals surface area contributed by atoms with Gasteiger partial charge < -0.3 is 5.32 Å². The first-order valence-corrected chi connectivity index (χ1v) is 7.26. The highest BCUT2D eigenvalue weighted by atomic mass is 32.1. The minimum absolute atomic E-state index is 0.582. The number of hydrogen-bond donors (Lipinski definition) is 1. The monoisotopic (exact) mass is 259 g/mol. The Kier molecular flexibility index (Phi) is 4.20. The molecule has 0 bridgehead atoms. The van der Waals surface area contributed by atoms with E-state index in [0.29, 0.717) is 5.92 Å². The Morgan fingerprint density at radius 1 is 1.17 bits per heavy atom. The zero-order valence-corrected chi connectivity index (χ0v) is 12.4. The molecule has 1 aromatic carbocycles. The molecule has 0 aliphatic rings. The molecule has 0 amide bonds. The third kappa shape index (κ3) is 2.65. The van der Waals surface area contributed by atoms with E-state index in [-0.39, 0.29) is 0 Å². The summed E-state index contributed by atoms with van der Waals surface area (Å²) in [6, 6.07) is 11.1. The quantitative estimate of drug-likeness (QED) is 0.860. The summed E-state index contributed by atoms with van der Waals surface area (Å²) in [5.74, 6) is 0.582. The average Bonchev–Trinajstić information content (AvgIpc) is 2.82. The molecule has 2 aromatic rings. The van der Waals surface area contributed by atoms with Crippen LogP contribution in [0.3, 0.4) is 0 Å². The molecule has 2 heteroatoms. The van der Waals surface area contributed by atoms with E-state index in [1.54, 1.807) is 0 Å². The lowest BCUT2D eigenvalue weighted by Crippen LogP contribution is -2.13. The van der Waals surface area contributed by atoms with Crippen molar-refractivity contribution < 1.29 is 0 Å². The molecular formula is C16H21NS. The third-order valence-corrected chi connectivity index (χ3v) is 4.84. The summed E-state index contributed by atoms with van der Waals surface area (Å²) in [5, 5.41) is 3.24. The fraction of sp³-hybridized carbons (Fsp3) is 0.375. The van der Waals surface area contributed by atoms with Gasteiger partial charge in [-0.15, -0.1) is 11.3 Å². The Bertz CT molecular complexity index is 528. The second-order valence-corrected chi connectivity index (χ2v) is 6.02. The smallest absolute Gasteiger partial charge is 0.0348 e. The molecule has 0 saturated heterocycles. The predicted molar refractivity (Wildman–Crippen MR) is 81.6 cm³/mol. The Labute approximate surface area is 114 Å². The van der Waals surface area contributed by atoms with Gasteiger partial charge in [-0.25, -0.2) is 0 Å². The van der Waals surface area contributed by atoms with E-state index in [9.17, 15) is 0 Å². The fourth-order valence-corrected chi connectivity index (χ4v) is 3.33. The number of rotatable bonds is 4. The number of hydrogen-bond acceptors (Lipinski definition) is 2. The van der Waals surface area contributed by atoms with Gasteiger partial charge in [-0.05, 0) is 49.7 Å². The Morgan fingerprint density at radius 2 is 1.94 bits per heavy atom. The molecule has 0 radical (unpaired) electrons. The lowest BCUT2D eigenvalue weighted by atomic mass is 10.0. The van der Waals surface area contributed by atoms with Gasteiger partial charge in [0.25, 0.3) is 0 Å². The fourth-order valence-electron chi connectivity index (χ4n) is 2.19. The van der Waals surface area contributed by atoms with E-state index in [1.165, 1.54) is 26.4 Å². The van der Waals surface area contributed by atoms with Crippen molar-refractivity contribution in [2.75, 3.05) is 13.6 Å². The summed E-state index contributed by atoms with van der Waals surface area (Å²) < 4.78 is 0. The minimum atomic E-state index is 0.582. The van der Waals surface area contributed by atoms with Crippen molar-refractivity contribution in [3.63, 3.8) is 0 Å². The molecule has 0 saturated carbocycles. The summed E-state index contributed by atoms with van der Waals surface area (Å²) in [4.78, 5) is 2.84. The molecule has 1 N–H and O–H groups in total. The molecule has 18 heavy (non-hydrogen) atoms. The van der Waals surface area contributed by atoms with Crippen LogP contribution in [0.1, 0.15) is 28.8 Å². The summed E-state index contributed by atoms with van der Waals surface area (Å²) in [6.45, 7) is 7.69. The number of aryl methyl sites for hydroxylation is 1. The number of likely N-dealkylation sites (N-methyl/N-ethyl adjacent to an activating group) is 1. The summed E-state index contributed by atoms with van der Waals surface area (Å²) in [7, 11) is 2.01. The standard InChI is InChI=1S/C16H21NS/c1-11-6-5-7-14(13(11)3)16-9-8-15(18-16)12(2)10-17-4/h5-9,12,17H,10H2,1-4H3. The predicted octanol–water partition coefficient (Wildman–Crippen LogP) is 4.35. The maximum absolute atomic E-state index is 3.24. The van der Waals surface area contributed by atoms with Gasteiger partial charge in [0.15, 0.2) is 0 Å². The SMILES string of the molecule is CNCC(C)c1ccc(-c2cccc(C)c2C)s1. The van der Waals surface area contributed by atoms with Gasteiger partial charge in [0.1, 0.15) is 0 Å². The highest BCUT2D eigenvalue weighted by Gasteiger charge is 2.10. The Hall–Kier alpha value is -1.12. The van der Waals surface area contributed by atoms with Crippen molar-refractivity contribution in [3.8, 4) is 10.4 Å². The normalized spacial score (nSPS) is 12.7. The van der Waals surface area contributed by atoms with Crippen LogP contribution >= 0.6 is 11.3 Å². The van der Waals surface area contributed by atoms with Crippen molar-refractivity contribution in [2.24, 2.45) is 0 Å². The van der Waals surface area contributed by atoms with Crippen LogP contribution in [0.25, 0.3) is 10.4 Å². The lowest BCUT2D eigenvalue weighted by molar-refractivity contribution is 0.687. The van der Waals surface area contributed by atoms with Gasteiger partial charge >= 0.3 is 0 Å². The second kappa shape index (κ2) is 5.68. The van der Waals surface area contributed by atoms with E-state index in [0.717, 1.165) is 6.54 Å². The van der Waals surface area contributed by atoms with Gasteiger partial charge in [-0.3, -0.25) is 0 Å². The van der Waals surface area contributed by atoms with Gasteiger partial charge in [-0.1, -0.05) is 25.1 Å². The van der Waals surface area contributed by atoms with Gasteiger partial charge in [0.05, 0.1) is 0 Å². The number of nitrogens with one attached hydrogen (secondary N) is 1. The van der Waals surface area contributed by atoms with Crippen LogP contribution in [0, 0.1) is 13.8 Å². The molecule has 1 aromatic heterocycles. The van der Waals surface area contributed by atoms with Crippen LogP contribution in [0.4, 0.5) is 0 Å². The lowest BCUT2D eigenvalue weighted by Gasteiger charge is -2.08. The van der Waals surface area contributed by atoms with Crippen LogP contribution in [-0.4, -0.2) is 13.6 Å². The molecule has 2 rings (SSSR count). The van der Waals surface area contributed by atoms with E-state index in [2.05, 4.69) is 56.4 Å². The van der Waals surface area contributed by atoms with Crippen molar-refractivity contribution in [2.45, 2.75) is 26.7 Å². The van der Waals surface area contributed by atoms with Gasteiger partial charge in [0, 0.05) is 22.2 Å². The molecule has 0 aliphatic carbocycles. The number of thiophene rings is 1. The first kappa shape index (κ1) is 13.3. The largest absolute Gasteiger partial charge is 0.319 e. The van der Waals surface area contributed by atoms with E-state index >= 15 is 0 Å². The van der Waals surface area contributed by atoms with E-state index < -0.39 is 0 Å². The van der Waals surface area contributed by atoms with Crippen LogP contribution in [-0.2, 0) is 0 Å². The van der Waals surface area contributed by atoms with Gasteiger partial charge in [0.2, 0.25) is 0 Å². The second-order valence-electron chi connectivity index (χ2n) is 4.91. The third-order valence-electron chi connectivity index (χ3n) is 3.49. The highest BCUT2D eigenvalue weighted by molar-refractivity contribution is 7.15. The first-order valence-electron chi connectivity index (χ1n) is 6.44. The Morgan fingerprint density at radius 3 is 2.67 bits per heavy atom. The van der Waals surface area contributed by atoms with Gasteiger partial charge in [-0.2, -0.15) is 0 Å². The van der Waals surface area contributed by atoms with E-state index in [4.69, 9.17) is 0 Å². The maximum Gasteiger partial charge on any atom is 0.0348 e. The summed E-state index contributed by atoms with van der Waals surface area (Å²) >= 11 is 1.92. The Balaban J connectivity index is 2.32. The molecule has 96 valence electrons. The van der Waals surface area contributed by atoms with Crippen molar-refractivity contribution >= 4 is 11.3 Å². The molecule has 0 fully saturated rings. The first-order chi connectivity index (χ1) is 8.63. The van der Waals surface area contributed by atoms with Crippen molar-refractivity contribution in [1.29, 1.82) is 0 Å². The van der Waals surface area contributed by atoms with Crippen LogP contribution in [0.5, 0.6) is 0 Å². The topological polar surface area (TPSA) is 12.0 Å². The van der Waals surface area contributed by atoms with Crippen LogP contribution < -0.4 is 5.32 Å². The molecule has 1 heterocycles. The molecule has 1 nitrogen and oxygen atoms in total. The summed E-state index contributed by atoms with van der Waals surface area (Å²) in [6.07, 6.45) is 0. The molecular weight excluding hydrogens is 238 g/mol. The molecule has 0 spiro atoms. The maximum atomic E-state index is 3.24. The van der Waals surface area contributed by atoms with Crippen LogP contribution in [0.15, 0.2) is 30.3 Å². The minimum Gasteiger partial charge on any atom is -0.319 e. The molecule has 0 aliphatic heterocycles. The van der Waals surface area contributed by atoms with Crippen molar-refractivity contribution in [1.82, 2.24) is 5.32 Å². The average molecular weight is 259 g/mol. The van der Waals surface area contributed by atoms with Crippen LogP contribution in [0.2, 0.25) is 0 Å².